The Morgan fingerprint density at radius 1 is 1.00 bits per heavy atom. The molecule has 0 aromatic rings. The molecule has 4 aliphatic rings. The summed E-state index contributed by atoms with van der Waals surface area (Å²) in [4.78, 5) is 11.4. The molecule has 9 atom stereocenters. The molecule has 4 nitrogen and oxygen atoms in total. The lowest BCUT2D eigenvalue weighted by Gasteiger charge is -2.63. The summed E-state index contributed by atoms with van der Waals surface area (Å²) in [6, 6.07) is 0. The summed E-state index contributed by atoms with van der Waals surface area (Å²) in [5.74, 6) is -0.0238. The van der Waals surface area contributed by atoms with E-state index < -0.39 is 11.9 Å². The topological polar surface area (TPSA) is 77.8 Å². The Morgan fingerprint density at radius 3 is 2.29 bits per heavy atom. The van der Waals surface area contributed by atoms with Crippen LogP contribution in [0.1, 0.15) is 106 Å². The van der Waals surface area contributed by atoms with Gasteiger partial charge in [0.25, 0.3) is 0 Å². The van der Waals surface area contributed by atoms with Crippen molar-refractivity contribution >= 4 is 5.97 Å². The molecule has 198 valence electrons. The highest BCUT2D eigenvalue weighted by Gasteiger charge is 2.66. The summed E-state index contributed by atoms with van der Waals surface area (Å²) >= 11 is 0. The van der Waals surface area contributed by atoms with Gasteiger partial charge >= 0.3 is 5.97 Å². The quantitative estimate of drug-likeness (QED) is 0.362. The van der Waals surface area contributed by atoms with E-state index in [1.165, 1.54) is 5.57 Å². The summed E-state index contributed by atoms with van der Waals surface area (Å²) in [7, 11) is 0. The first-order valence-corrected chi connectivity index (χ1v) is 14.1. The predicted molar refractivity (Wildman–Crippen MR) is 141 cm³/mol. The maximum Gasteiger partial charge on any atom is 0.310 e. The zero-order valence-corrected chi connectivity index (χ0v) is 23.3. The number of aliphatic hydroxyl groups is 2. The summed E-state index contributed by atoms with van der Waals surface area (Å²) in [6.07, 6.45) is 8.15. The second-order valence-electron chi connectivity index (χ2n) is 14.1. The van der Waals surface area contributed by atoms with Crippen molar-refractivity contribution in [3.63, 3.8) is 0 Å². The normalized spacial score (nSPS) is 44.1. The highest BCUT2D eigenvalue weighted by atomic mass is 16.4. The van der Waals surface area contributed by atoms with Gasteiger partial charge in [-0.1, -0.05) is 64.8 Å². The first-order chi connectivity index (χ1) is 16.1. The monoisotopic (exact) mass is 486 g/mol. The van der Waals surface area contributed by atoms with Crippen LogP contribution < -0.4 is 0 Å². The molecule has 0 amide bonds. The molecule has 0 spiro atoms. The van der Waals surface area contributed by atoms with E-state index in [9.17, 15) is 20.1 Å². The standard InChI is InChI=1S/C31H50O4/c1-18(20(3)27(34)35)9-10-19(2)21-13-16-30(7)22-11-12-24-28(4,5)25(32)14-15-29(24,6)23(22)17-26(33)31(21,30)8/h19-21,24-26,32-33H,1,9-17H2,2-8H3,(H,34,35)/t19-,20+,21-,24+,25+,26+,29-,30+,31+/m1/s1. The van der Waals surface area contributed by atoms with Crippen molar-refractivity contribution < 1.29 is 20.1 Å². The van der Waals surface area contributed by atoms with Gasteiger partial charge in [0.2, 0.25) is 0 Å². The molecular formula is C31H50O4. The number of carboxylic acid groups (broad SMARTS) is 1. The number of carboxylic acids is 1. The molecule has 2 fully saturated rings. The third-order valence-corrected chi connectivity index (χ3v) is 12.5. The molecule has 4 heteroatoms. The average Bonchev–Trinajstić information content (AvgIpc) is 3.08. The number of aliphatic carboxylic acids is 1. The van der Waals surface area contributed by atoms with Crippen LogP contribution in [-0.2, 0) is 4.79 Å². The Hall–Kier alpha value is -1.13. The van der Waals surface area contributed by atoms with E-state index in [4.69, 9.17) is 0 Å². The van der Waals surface area contributed by atoms with Crippen LogP contribution in [0.2, 0.25) is 0 Å². The number of rotatable bonds is 6. The van der Waals surface area contributed by atoms with Gasteiger partial charge in [0.15, 0.2) is 0 Å². The smallest absolute Gasteiger partial charge is 0.310 e. The van der Waals surface area contributed by atoms with Crippen LogP contribution in [0.25, 0.3) is 0 Å². The summed E-state index contributed by atoms with van der Waals surface area (Å²) in [6.45, 7) is 19.8. The van der Waals surface area contributed by atoms with E-state index in [1.54, 1.807) is 12.5 Å². The van der Waals surface area contributed by atoms with Crippen molar-refractivity contribution in [3.8, 4) is 0 Å². The molecule has 0 heterocycles. The molecule has 0 aromatic heterocycles. The Kier molecular flexibility index (Phi) is 6.71. The van der Waals surface area contributed by atoms with Crippen molar-refractivity contribution in [2.75, 3.05) is 0 Å². The van der Waals surface area contributed by atoms with Crippen molar-refractivity contribution in [2.24, 2.45) is 45.3 Å². The number of hydrogen-bond donors (Lipinski definition) is 3. The second-order valence-corrected chi connectivity index (χ2v) is 14.1. The summed E-state index contributed by atoms with van der Waals surface area (Å²) < 4.78 is 0. The van der Waals surface area contributed by atoms with E-state index in [-0.39, 0.29) is 33.9 Å². The van der Waals surface area contributed by atoms with E-state index in [0.717, 1.165) is 63.4 Å². The van der Waals surface area contributed by atoms with Gasteiger partial charge in [-0.15, -0.1) is 0 Å². The largest absolute Gasteiger partial charge is 0.481 e. The van der Waals surface area contributed by atoms with Crippen molar-refractivity contribution in [3.05, 3.63) is 23.3 Å². The number of allylic oxidation sites excluding steroid dienone is 1. The number of carbonyl (C=O) groups is 1. The van der Waals surface area contributed by atoms with E-state index in [1.807, 2.05) is 0 Å². The maximum absolute atomic E-state index is 11.9. The number of fused-ring (bicyclic) bond motifs is 4. The summed E-state index contributed by atoms with van der Waals surface area (Å²) in [5, 5.41) is 32.1. The van der Waals surface area contributed by atoms with Crippen LogP contribution in [0, 0.1) is 45.3 Å². The number of aliphatic hydroxyl groups excluding tert-OH is 2. The number of hydrogen-bond acceptors (Lipinski definition) is 3. The molecule has 2 saturated carbocycles. The summed E-state index contributed by atoms with van der Waals surface area (Å²) in [5.41, 5.74) is 3.76. The van der Waals surface area contributed by atoms with Gasteiger partial charge in [0.05, 0.1) is 18.1 Å². The van der Waals surface area contributed by atoms with E-state index in [0.29, 0.717) is 17.8 Å². The van der Waals surface area contributed by atoms with Gasteiger partial charge in [-0.3, -0.25) is 4.79 Å². The lowest BCUT2D eigenvalue weighted by atomic mass is 9.42. The third kappa shape index (κ3) is 3.71. The van der Waals surface area contributed by atoms with Crippen LogP contribution in [0.5, 0.6) is 0 Å². The minimum atomic E-state index is -0.798. The zero-order chi connectivity index (χ0) is 26.1. The highest BCUT2D eigenvalue weighted by Crippen LogP contribution is 2.72. The molecule has 4 aliphatic carbocycles. The average molecular weight is 487 g/mol. The Morgan fingerprint density at radius 2 is 1.66 bits per heavy atom. The minimum absolute atomic E-state index is 0.00151. The van der Waals surface area contributed by atoms with Crippen LogP contribution >= 0.6 is 0 Å². The Bertz CT molecular complexity index is 917. The fraction of sp³-hybridized carbons (Fsp3) is 0.839. The van der Waals surface area contributed by atoms with Crippen LogP contribution in [-0.4, -0.2) is 33.5 Å². The Labute approximate surface area is 213 Å². The molecule has 0 aliphatic heterocycles. The fourth-order valence-corrected chi connectivity index (χ4v) is 9.64. The van der Waals surface area contributed by atoms with Crippen LogP contribution in [0.15, 0.2) is 23.3 Å². The molecule has 0 saturated heterocycles. The molecule has 3 N–H and O–H groups in total. The van der Waals surface area contributed by atoms with Crippen LogP contribution in [0.4, 0.5) is 0 Å². The molecule has 35 heavy (non-hydrogen) atoms. The van der Waals surface area contributed by atoms with Gasteiger partial charge < -0.3 is 15.3 Å². The zero-order valence-electron chi connectivity index (χ0n) is 23.3. The molecule has 0 bridgehead atoms. The van der Waals surface area contributed by atoms with Crippen molar-refractivity contribution in [1.82, 2.24) is 0 Å². The molecule has 0 aromatic carbocycles. The van der Waals surface area contributed by atoms with Gasteiger partial charge in [0, 0.05) is 5.41 Å². The third-order valence-electron chi connectivity index (χ3n) is 12.5. The fourth-order valence-electron chi connectivity index (χ4n) is 9.64. The lowest BCUT2D eigenvalue weighted by molar-refractivity contribution is -0.139. The van der Waals surface area contributed by atoms with E-state index >= 15 is 0 Å². The molecular weight excluding hydrogens is 436 g/mol. The van der Waals surface area contributed by atoms with Gasteiger partial charge in [-0.2, -0.15) is 0 Å². The first-order valence-electron chi connectivity index (χ1n) is 14.1. The van der Waals surface area contributed by atoms with E-state index in [2.05, 4.69) is 48.1 Å². The highest BCUT2D eigenvalue weighted by molar-refractivity contribution is 5.72. The maximum atomic E-state index is 11.9. The molecule has 0 radical (unpaired) electrons. The Balaban J connectivity index is 1.63. The molecule has 4 rings (SSSR count). The first kappa shape index (κ1) is 26.9. The molecule has 0 unspecified atom stereocenters. The SMILES string of the molecule is C=C(CC[C@@H](C)[C@H]1CC[C@@]2(C)C3=C(C[C@H](O)[C@]12C)[C@@]1(C)CC[C@H](O)C(C)(C)[C@@H]1CC3)[C@H](C)C(=O)O. The lowest BCUT2D eigenvalue weighted by Crippen LogP contribution is -2.58. The van der Waals surface area contributed by atoms with Crippen molar-refractivity contribution in [2.45, 2.75) is 118 Å². The van der Waals surface area contributed by atoms with Gasteiger partial charge in [0.1, 0.15) is 0 Å². The van der Waals surface area contributed by atoms with Gasteiger partial charge in [-0.25, -0.2) is 0 Å². The predicted octanol–water partition coefficient (Wildman–Crippen LogP) is 6.76. The minimum Gasteiger partial charge on any atom is -0.481 e. The second kappa shape index (κ2) is 8.72. The van der Waals surface area contributed by atoms with Crippen molar-refractivity contribution in [1.29, 1.82) is 0 Å². The van der Waals surface area contributed by atoms with Gasteiger partial charge in [-0.05, 0) is 98.7 Å². The van der Waals surface area contributed by atoms with Crippen LogP contribution in [0.3, 0.4) is 0 Å².